The maximum absolute atomic E-state index is 14.4. The number of thiazole rings is 1. The molecule has 1 aliphatic heterocycles. The van der Waals surface area contributed by atoms with E-state index in [1.165, 1.54) is 12.3 Å². The first-order chi connectivity index (χ1) is 19.3. The first-order valence-electron chi connectivity index (χ1n) is 12.7. The number of amides is 1. The molecule has 0 aliphatic carbocycles. The van der Waals surface area contributed by atoms with Gasteiger partial charge in [-0.1, -0.05) is 47.2 Å². The van der Waals surface area contributed by atoms with Crippen molar-refractivity contribution in [3.63, 3.8) is 0 Å². The minimum absolute atomic E-state index is 0.106. The van der Waals surface area contributed by atoms with Crippen LogP contribution in [0, 0.1) is 19.7 Å². The molecule has 0 unspecified atom stereocenters. The van der Waals surface area contributed by atoms with Gasteiger partial charge in [-0.2, -0.15) is 15.0 Å². The van der Waals surface area contributed by atoms with E-state index >= 15 is 0 Å². The number of para-hydroxylation sites is 1. The number of hydrogen-bond donors (Lipinski definition) is 3. The summed E-state index contributed by atoms with van der Waals surface area (Å²) in [4.78, 5) is 35.6. The summed E-state index contributed by atoms with van der Waals surface area (Å²) in [5, 5.41) is 16.0. The molecule has 208 valence electrons. The van der Waals surface area contributed by atoms with E-state index in [1.807, 2.05) is 24.0 Å². The Morgan fingerprint density at radius 3 is 2.62 bits per heavy atom. The molecule has 0 atom stereocenters. The number of β-amino-alcohol motifs (C(OH)–C–C–N with tert-alkyl or cyclic N) is 1. The van der Waals surface area contributed by atoms with Gasteiger partial charge in [0.1, 0.15) is 10.7 Å². The van der Waals surface area contributed by atoms with Crippen LogP contribution in [0.5, 0.6) is 0 Å². The van der Waals surface area contributed by atoms with Crippen LogP contribution in [0.4, 0.5) is 27.1 Å². The maximum atomic E-state index is 14.4. The number of anilines is 4. The van der Waals surface area contributed by atoms with Gasteiger partial charge in [0.05, 0.1) is 23.5 Å². The normalized spacial score (nSPS) is 13.9. The van der Waals surface area contributed by atoms with Crippen molar-refractivity contribution in [1.29, 1.82) is 0 Å². The summed E-state index contributed by atoms with van der Waals surface area (Å²) in [6, 6.07) is 10.2. The lowest BCUT2D eigenvalue weighted by molar-refractivity contribution is 0.103. The van der Waals surface area contributed by atoms with Crippen LogP contribution in [0.15, 0.2) is 42.6 Å². The van der Waals surface area contributed by atoms with Gasteiger partial charge >= 0.3 is 0 Å². The Bertz CT molecular complexity index is 1510. The van der Waals surface area contributed by atoms with E-state index in [4.69, 9.17) is 11.6 Å². The number of nitrogens with one attached hydrogen (secondary N) is 2. The van der Waals surface area contributed by atoms with E-state index in [2.05, 4.69) is 35.5 Å². The molecule has 4 aromatic rings. The van der Waals surface area contributed by atoms with Crippen molar-refractivity contribution < 1.29 is 14.3 Å². The predicted octanol–water partition coefficient (Wildman–Crippen LogP) is 4.51. The number of carbonyl (C=O) groups excluding carboxylic acids is 1. The van der Waals surface area contributed by atoms with Crippen LogP contribution in [-0.4, -0.2) is 75.2 Å². The van der Waals surface area contributed by atoms with E-state index in [-0.39, 0.29) is 24.3 Å². The third-order valence-corrected chi connectivity index (χ3v) is 7.76. The fourth-order valence-electron chi connectivity index (χ4n) is 4.23. The summed E-state index contributed by atoms with van der Waals surface area (Å²) >= 11 is 7.40. The van der Waals surface area contributed by atoms with Crippen molar-refractivity contribution in [2.24, 2.45) is 0 Å². The standard InChI is InChI=1S/C27H28ClFN8O2S/c1-16-6-7-18(14-20(16)29)23-32-25(34-26(33-23)37-10-8-36(9-11-37)12-13-38)35-27-30-15-21(40-27)24(39)31-22-17(2)4-3-5-19(22)28/h3-7,14-15,38H,8-13H2,1-2H3,(H,31,39)(H,30,32,33,34,35). The molecule has 0 spiro atoms. The zero-order valence-electron chi connectivity index (χ0n) is 22.0. The van der Waals surface area contributed by atoms with Gasteiger partial charge in [-0.05, 0) is 37.1 Å². The van der Waals surface area contributed by atoms with Crippen molar-refractivity contribution >= 4 is 51.6 Å². The highest BCUT2D eigenvalue weighted by atomic mass is 35.5. The van der Waals surface area contributed by atoms with Crippen LogP contribution in [0.2, 0.25) is 5.02 Å². The summed E-state index contributed by atoms with van der Waals surface area (Å²) < 4.78 is 14.4. The molecule has 1 saturated heterocycles. The van der Waals surface area contributed by atoms with E-state index in [9.17, 15) is 14.3 Å². The maximum Gasteiger partial charge on any atom is 0.267 e. The Morgan fingerprint density at radius 1 is 1.10 bits per heavy atom. The molecule has 2 aromatic carbocycles. The van der Waals surface area contributed by atoms with Gasteiger partial charge in [0.15, 0.2) is 11.0 Å². The summed E-state index contributed by atoms with van der Waals surface area (Å²) in [5.74, 6) is 0.293. The zero-order chi connectivity index (χ0) is 28.2. The second-order valence-corrected chi connectivity index (χ2v) is 10.8. The number of aliphatic hydroxyl groups is 1. The number of piperazine rings is 1. The lowest BCUT2D eigenvalue weighted by atomic mass is 10.1. The first kappa shape index (κ1) is 27.8. The molecule has 0 bridgehead atoms. The lowest BCUT2D eigenvalue weighted by Crippen LogP contribution is -2.47. The minimum Gasteiger partial charge on any atom is -0.395 e. The fourth-order valence-corrected chi connectivity index (χ4v) is 5.21. The van der Waals surface area contributed by atoms with Crippen LogP contribution in [0.25, 0.3) is 11.4 Å². The lowest BCUT2D eigenvalue weighted by Gasteiger charge is -2.34. The number of aromatic nitrogens is 4. The Balaban J connectivity index is 1.40. The van der Waals surface area contributed by atoms with Gasteiger partial charge < -0.3 is 15.3 Å². The van der Waals surface area contributed by atoms with Crippen LogP contribution < -0.4 is 15.5 Å². The van der Waals surface area contributed by atoms with E-state index in [0.717, 1.165) is 30.0 Å². The Labute approximate surface area is 239 Å². The Hall–Kier alpha value is -3.71. The van der Waals surface area contributed by atoms with Crippen LogP contribution in [0.1, 0.15) is 20.8 Å². The zero-order valence-corrected chi connectivity index (χ0v) is 23.6. The van der Waals surface area contributed by atoms with E-state index in [0.29, 0.717) is 63.3 Å². The van der Waals surface area contributed by atoms with Gasteiger partial charge in [0.25, 0.3) is 5.91 Å². The number of halogens is 2. The second kappa shape index (κ2) is 12.2. The molecule has 2 aromatic heterocycles. The third-order valence-electron chi connectivity index (χ3n) is 6.53. The minimum atomic E-state index is -0.351. The van der Waals surface area contributed by atoms with Crippen molar-refractivity contribution in [3.8, 4) is 11.4 Å². The summed E-state index contributed by atoms with van der Waals surface area (Å²) in [6.07, 6.45) is 1.47. The average Bonchev–Trinajstić information content (AvgIpc) is 3.41. The monoisotopic (exact) mass is 582 g/mol. The van der Waals surface area contributed by atoms with Crippen molar-refractivity contribution in [3.05, 3.63) is 69.4 Å². The van der Waals surface area contributed by atoms with E-state index < -0.39 is 0 Å². The number of carbonyl (C=O) groups is 1. The molecular formula is C27H28ClFN8O2S. The highest BCUT2D eigenvalue weighted by molar-refractivity contribution is 7.17. The van der Waals surface area contributed by atoms with Gasteiger partial charge in [-0.25, -0.2) is 9.37 Å². The van der Waals surface area contributed by atoms with Crippen LogP contribution >= 0.6 is 22.9 Å². The SMILES string of the molecule is Cc1ccc(-c2nc(Nc3ncc(C(=O)Nc4c(C)cccc4Cl)s3)nc(N3CCN(CCO)CC3)n2)cc1F. The second-order valence-electron chi connectivity index (χ2n) is 9.34. The fraction of sp³-hybridized carbons (Fsp3) is 0.296. The van der Waals surface area contributed by atoms with Gasteiger partial charge in [0, 0.05) is 38.3 Å². The number of aryl methyl sites for hydroxylation is 2. The molecule has 5 rings (SSSR count). The van der Waals surface area contributed by atoms with Crippen LogP contribution in [0.3, 0.4) is 0 Å². The highest BCUT2D eigenvalue weighted by Gasteiger charge is 2.22. The number of benzene rings is 2. The van der Waals surface area contributed by atoms with Gasteiger partial charge in [-0.3, -0.25) is 15.0 Å². The largest absolute Gasteiger partial charge is 0.395 e. The molecule has 40 heavy (non-hydrogen) atoms. The van der Waals surface area contributed by atoms with Crippen LogP contribution in [-0.2, 0) is 0 Å². The van der Waals surface area contributed by atoms with E-state index in [1.54, 1.807) is 25.1 Å². The molecule has 0 radical (unpaired) electrons. The third kappa shape index (κ3) is 6.36. The number of nitrogens with zero attached hydrogens (tertiary/aromatic N) is 6. The van der Waals surface area contributed by atoms with Crippen molar-refractivity contribution in [1.82, 2.24) is 24.8 Å². The Morgan fingerprint density at radius 2 is 1.90 bits per heavy atom. The molecule has 1 amide bonds. The topological polar surface area (TPSA) is 119 Å². The van der Waals surface area contributed by atoms with Gasteiger partial charge in [0.2, 0.25) is 11.9 Å². The molecule has 1 fully saturated rings. The molecule has 3 heterocycles. The number of hydrogen-bond acceptors (Lipinski definition) is 10. The average molecular weight is 583 g/mol. The molecule has 13 heteroatoms. The van der Waals surface area contributed by atoms with Gasteiger partial charge in [-0.15, -0.1) is 0 Å². The summed E-state index contributed by atoms with van der Waals surface area (Å²) in [6.45, 7) is 7.10. The van der Waals surface area contributed by atoms with Crippen molar-refractivity contribution in [2.75, 3.05) is 54.9 Å². The molecular weight excluding hydrogens is 555 g/mol. The summed E-state index contributed by atoms with van der Waals surface area (Å²) in [7, 11) is 0. The smallest absolute Gasteiger partial charge is 0.267 e. The predicted molar refractivity (Wildman–Crippen MR) is 155 cm³/mol. The molecule has 1 aliphatic rings. The summed E-state index contributed by atoms with van der Waals surface area (Å²) in [5.41, 5.74) is 2.44. The molecule has 0 saturated carbocycles. The van der Waals surface area contributed by atoms with Crippen molar-refractivity contribution in [2.45, 2.75) is 13.8 Å². The quantitative estimate of drug-likeness (QED) is 0.275. The first-order valence-corrected chi connectivity index (χ1v) is 13.9. The molecule has 10 nitrogen and oxygen atoms in total. The number of aliphatic hydroxyl groups excluding tert-OH is 1. The Kier molecular flexibility index (Phi) is 8.50. The highest BCUT2D eigenvalue weighted by Crippen LogP contribution is 2.29. The number of rotatable bonds is 8. The molecule has 3 N–H and O–H groups in total.